The molecular formula is C28H22Br2N2O3. The molecule has 2 aliphatic heterocycles. The van der Waals surface area contributed by atoms with Gasteiger partial charge in [-0.05, 0) is 68.7 Å². The first kappa shape index (κ1) is 22.4. The molecule has 0 N–H and O–H groups in total. The maximum atomic E-state index is 6.60. The molecule has 4 aromatic carbocycles. The van der Waals surface area contributed by atoms with Crippen LogP contribution in [0.15, 0.2) is 86.8 Å². The molecule has 176 valence electrons. The van der Waals surface area contributed by atoms with Crippen LogP contribution in [0.25, 0.3) is 10.8 Å². The van der Waals surface area contributed by atoms with Crippen LogP contribution < -0.4 is 14.2 Å². The first-order valence-corrected chi connectivity index (χ1v) is 12.9. The summed E-state index contributed by atoms with van der Waals surface area (Å²) in [5.41, 5.74) is 4.21. The van der Waals surface area contributed by atoms with Crippen LogP contribution in [0.1, 0.15) is 35.4 Å². The van der Waals surface area contributed by atoms with Crippen LogP contribution in [0.4, 0.5) is 0 Å². The highest BCUT2D eigenvalue weighted by molar-refractivity contribution is 9.11. The highest BCUT2D eigenvalue weighted by atomic mass is 79.9. The fourth-order valence-corrected chi connectivity index (χ4v) is 6.24. The molecule has 0 fully saturated rings. The van der Waals surface area contributed by atoms with E-state index >= 15 is 0 Å². The molecule has 0 amide bonds. The third-order valence-corrected chi connectivity index (χ3v) is 7.63. The van der Waals surface area contributed by atoms with Crippen LogP contribution in [-0.2, 0) is 0 Å². The normalized spacial score (nSPS) is 18.5. The van der Waals surface area contributed by atoms with E-state index in [0.717, 1.165) is 43.5 Å². The molecule has 2 atom stereocenters. The summed E-state index contributed by atoms with van der Waals surface area (Å²) in [6, 6.07) is 25.0. The number of nitrogens with zero attached hydrogens (tertiary/aromatic N) is 2. The van der Waals surface area contributed by atoms with E-state index in [4.69, 9.17) is 19.3 Å². The van der Waals surface area contributed by atoms with E-state index < -0.39 is 6.23 Å². The van der Waals surface area contributed by atoms with Crippen molar-refractivity contribution in [2.45, 2.75) is 18.7 Å². The average molecular weight is 594 g/mol. The smallest absolute Gasteiger partial charge is 0.214 e. The first-order chi connectivity index (χ1) is 17.1. The molecular weight excluding hydrogens is 572 g/mol. The number of hydrogen-bond acceptors (Lipinski definition) is 5. The van der Waals surface area contributed by atoms with E-state index in [1.807, 2.05) is 24.3 Å². The van der Waals surface area contributed by atoms with Crippen LogP contribution in [0.2, 0.25) is 0 Å². The van der Waals surface area contributed by atoms with Gasteiger partial charge in [-0.2, -0.15) is 5.10 Å². The molecule has 0 aliphatic carbocycles. The predicted octanol–water partition coefficient (Wildman–Crippen LogP) is 7.62. The van der Waals surface area contributed by atoms with E-state index in [1.54, 1.807) is 14.2 Å². The summed E-state index contributed by atoms with van der Waals surface area (Å²) in [7, 11) is 3.28. The summed E-state index contributed by atoms with van der Waals surface area (Å²) in [5, 5.41) is 9.62. The summed E-state index contributed by atoms with van der Waals surface area (Å²) < 4.78 is 19.5. The quantitative estimate of drug-likeness (QED) is 0.244. The van der Waals surface area contributed by atoms with E-state index in [1.165, 1.54) is 10.8 Å². The maximum absolute atomic E-state index is 6.60. The highest BCUT2D eigenvalue weighted by Gasteiger charge is 2.42. The van der Waals surface area contributed by atoms with Gasteiger partial charge in [0.15, 0.2) is 11.5 Å². The lowest BCUT2D eigenvalue weighted by molar-refractivity contribution is -0.0198. The van der Waals surface area contributed by atoms with E-state index in [2.05, 4.69) is 85.4 Å². The molecule has 0 saturated heterocycles. The van der Waals surface area contributed by atoms with E-state index in [9.17, 15) is 0 Å². The van der Waals surface area contributed by atoms with Crippen molar-refractivity contribution < 1.29 is 14.2 Å². The Labute approximate surface area is 220 Å². The SMILES string of the molecule is COc1ccc([C@@H]2Oc3c(Br)cc(Br)cc3[C@H]3CC(c4ccc5ccccc5c4)=NN32)cc1OC. The van der Waals surface area contributed by atoms with Crippen molar-refractivity contribution in [1.29, 1.82) is 0 Å². The minimum Gasteiger partial charge on any atom is -0.493 e. The Morgan fingerprint density at radius 3 is 2.49 bits per heavy atom. The number of benzene rings is 4. The minimum absolute atomic E-state index is 0.0344. The van der Waals surface area contributed by atoms with Gasteiger partial charge in [-0.3, -0.25) is 0 Å². The molecule has 2 aliphatic rings. The predicted molar refractivity (Wildman–Crippen MR) is 144 cm³/mol. The van der Waals surface area contributed by atoms with Gasteiger partial charge in [0, 0.05) is 22.0 Å². The first-order valence-electron chi connectivity index (χ1n) is 11.3. The second-order valence-corrected chi connectivity index (χ2v) is 10.4. The Morgan fingerprint density at radius 2 is 1.69 bits per heavy atom. The number of methoxy groups -OCH3 is 2. The molecule has 0 bridgehead atoms. The monoisotopic (exact) mass is 592 g/mol. The molecule has 2 heterocycles. The molecule has 6 rings (SSSR count). The van der Waals surface area contributed by atoms with Crippen LogP contribution in [-0.4, -0.2) is 24.9 Å². The molecule has 0 radical (unpaired) electrons. The number of hydrazone groups is 1. The summed E-state index contributed by atoms with van der Waals surface area (Å²) in [4.78, 5) is 0. The number of fused-ring (bicyclic) bond motifs is 4. The average Bonchev–Trinajstić information content (AvgIpc) is 3.33. The van der Waals surface area contributed by atoms with E-state index in [0.29, 0.717) is 11.5 Å². The van der Waals surface area contributed by atoms with Gasteiger partial charge >= 0.3 is 0 Å². The van der Waals surface area contributed by atoms with Gasteiger partial charge in [-0.25, -0.2) is 5.01 Å². The molecule has 0 saturated carbocycles. The van der Waals surface area contributed by atoms with Crippen molar-refractivity contribution in [2.24, 2.45) is 5.10 Å². The third-order valence-electron chi connectivity index (χ3n) is 6.58. The molecule has 0 unspecified atom stereocenters. The Morgan fingerprint density at radius 1 is 0.886 bits per heavy atom. The highest BCUT2D eigenvalue weighted by Crippen LogP contribution is 2.51. The lowest BCUT2D eigenvalue weighted by Crippen LogP contribution is -2.34. The van der Waals surface area contributed by atoms with Crippen molar-refractivity contribution in [2.75, 3.05) is 14.2 Å². The van der Waals surface area contributed by atoms with Crippen LogP contribution >= 0.6 is 31.9 Å². The molecule has 0 spiro atoms. The molecule has 7 heteroatoms. The Balaban J connectivity index is 1.47. The summed E-state index contributed by atoms with van der Waals surface area (Å²) >= 11 is 7.36. The summed E-state index contributed by atoms with van der Waals surface area (Å²) in [6.07, 6.45) is 0.365. The fraction of sp³-hybridized carbons (Fsp3) is 0.179. The Hall–Kier alpha value is -3.03. The third kappa shape index (κ3) is 3.87. The van der Waals surface area contributed by atoms with Crippen molar-refractivity contribution in [3.05, 3.63) is 98.4 Å². The topological polar surface area (TPSA) is 43.3 Å². The van der Waals surface area contributed by atoms with Gasteiger partial charge in [-0.15, -0.1) is 0 Å². The lowest BCUT2D eigenvalue weighted by atomic mass is 9.95. The number of ether oxygens (including phenoxy) is 3. The minimum atomic E-state index is -0.414. The number of hydrogen-bond donors (Lipinski definition) is 0. The van der Waals surface area contributed by atoms with Gasteiger partial charge in [0.2, 0.25) is 6.23 Å². The zero-order valence-corrected chi connectivity index (χ0v) is 22.3. The Bertz CT molecular complexity index is 1490. The van der Waals surface area contributed by atoms with Crippen molar-refractivity contribution in [1.82, 2.24) is 5.01 Å². The van der Waals surface area contributed by atoms with Gasteiger partial charge in [-0.1, -0.05) is 52.3 Å². The zero-order chi connectivity index (χ0) is 24.1. The van der Waals surface area contributed by atoms with Gasteiger partial charge in [0.1, 0.15) is 5.75 Å². The molecule has 0 aromatic heterocycles. The maximum Gasteiger partial charge on any atom is 0.214 e. The Kier molecular flexibility index (Phi) is 5.69. The van der Waals surface area contributed by atoms with Gasteiger partial charge in [0.25, 0.3) is 0 Å². The van der Waals surface area contributed by atoms with E-state index in [-0.39, 0.29) is 6.04 Å². The van der Waals surface area contributed by atoms with Crippen molar-refractivity contribution in [3.63, 3.8) is 0 Å². The van der Waals surface area contributed by atoms with Crippen LogP contribution in [0.3, 0.4) is 0 Å². The standard InChI is InChI=1S/C28H22Br2N2O3/c1-33-25-10-9-19(12-26(25)34-2)28-32-24(21-13-20(29)14-22(30)27(21)35-28)15-23(31-32)18-8-7-16-5-3-4-6-17(16)11-18/h3-14,24,28H,15H2,1-2H3/t24-,28+/m1/s1. The zero-order valence-electron chi connectivity index (χ0n) is 19.2. The van der Waals surface area contributed by atoms with Crippen LogP contribution in [0.5, 0.6) is 17.2 Å². The fourth-order valence-electron chi connectivity index (χ4n) is 4.88. The molecule has 4 aromatic rings. The van der Waals surface area contributed by atoms with Crippen LogP contribution in [0, 0.1) is 0 Å². The second-order valence-electron chi connectivity index (χ2n) is 8.60. The lowest BCUT2D eigenvalue weighted by Gasteiger charge is -2.38. The number of halogens is 2. The van der Waals surface area contributed by atoms with Gasteiger partial charge in [0.05, 0.1) is 30.4 Å². The largest absolute Gasteiger partial charge is 0.493 e. The number of rotatable bonds is 4. The molecule has 35 heavy (non-hydrogen) atoms. The van der Waals surface area contributed by atoms with Gasteiger partial charge < -0.3 is 14.2 Å². The van der Waals surface area contributed by atoms with Crippen molar-refractivity contribution in [3.8, 4) is 17.2 Å². The van der Waals surface area contributed by atoms with Crippen molar-refractivity contribution >= 4 is 48.3 Å². The second kappa shape index (κ2) is 8.88. The summed E-state index contributed by atoms with van der Waals surface area (Å²) in [5.74, 6) is 2.17. The summed E-state index contributed by atoms with van der Waals surface area (Å²) in [6.45, 7) is 0. The molecule has 5 nitrogen and oxygen atoms in total.